The van der Waals surface area contributed by atoms with Crippen LogP contribution >= 0.6 is 22.9 Å². The summed E-state index contributed by atoms with van der Waals surface area (Å²) in [5.41, 5.74) is 1.45. The van der Waals surface area contributed by atoms with Crippen LogP contribution in [-0.4, -0.2) is 15.9 Å². The molecule has 0 saturated carbocycles. The number of halogens is 1. The molecule has 0 atom stereocenters. The van der Waals surface area contributed by atoms with Crippen LogP contribution < -0.4 is 5.32 Å². The first-order valence-corrected chi connectivity index (χ1v) is 9.89. The zero-order valence-corrected chi connectivity index (χ0v) is 16.3. The van der Waals surface area contributed by atoms with Crippen LogP contribution in [0, 0.1) is 0 Å². The number of aryl methyl sites for hydroxylation is 1. The van der Waals surface area contributed by atoms with Gasteiger partial charge in [-0.2, -0.15) is 0 Å². The molecule has 4 aromatic rings. The quantitative estimate of drug-likeness (QED) is 0.463. The third kappa shape index (κ3) is 4.32. The molecule has 4 rings (SSSR count). The Morgan fingerprint density at radius 3 is 2.93 bits per heavy atom. The molecule has 0 aliphatic carbocycles. The number of oxazole rings is 2. The maximum atomic E-state index is 12.1. The minimum atomic E-state index is -0.113. The summed E-state index contributed by atoms with van der Waals surface area (Å²) in [6, 6.07) is 11.3. The Morgan fingerprint density at radius 2 is 2.11 bits per heavy atom. The fraction of sp³-hybridized carbons (Fsp3) is 0.150. The Hall–Kier alpha value is -2.90. The predicted octanol–water partition coefficient (Wildman–Crippen LogP) is 4.96. The summed E-state index contributed by atoms with van der Waals surface area (Å²) >= 11 is 7.72. The molecule has 1 N–H and O–H groups in total. The highest BCUT2D eigenvalue weighted by atomic mass is 35.5. The monoisotopic (exact) mass is 413 g/mol. The van der Waals surface area contributed by atoms with Crippen molar-refractivity contribution in [2.45, 2.75) is 19.4 Å². The van der Waals surface area contributed by atoms with Crippen LogP contribution in [0.5, 0.6) is 0 Å². The van der Waals surface area contributed by atoms with Gasteiger partial charge in [-0.15, -0.1) is 11.3 Å². The average Bonchev–Trinajstić information content (AvgIpc) is 3.46. The van der Waals surface area contributed by atoms with Gasteiger partial charge in [0.15, 0.2) is 11.7 Å². The van der Waals surface area contributed by atoms with Crippen molar-refractivity contribution in [2.75, 3.05) is 0 Å². The molecule has 142 valence electrons. The SMILES string of the molecule is O=C(CCc1ncc(-c2ccccc2Cl)o1)NCc1coc(-c2cccs2)n1. The van der Waals surface area contributed by atoms with Crippen molar-refractivity contribution in [2.24, 2.45) is 0 Å². The number of nitrogens with zero attached hydrogens (tertiary/aromatic N) is 2. The Labute approximate surface area is 170 Å². The number of hydrogen-bond acceptors (Lipinski definition) is 6. The van der Waals surface area contributed by atoms with Gasteiger partial charge in [0, 0.05) is 18.4 Å². The van der Waals surface area contributed by atoms with E-state index in [0.717, 1.165) is 10.4 Å². The number of amides is 1. The standard InChI is InChI=1S/C20H16ClN3O3S/c21-15-5-2-1-4-14(15)16-11-23-19(27-16)8-7-18(25)22-10-13-12-26-20(24-13)17-6-3-9-28-17/h1-6,9,11-12H,7-8,10H2,(H,22,25). The molecular formula is C20H16ClN3O3S. The van der Waals surface area contributed by atoms with Crippen LogP contribution in [-0.2, 0) is 17.8 Å². The van der Waals surface area contributed by atoms with Crippen molar-refractivity contribution < 1.29 is 13.6 Å². The van der Waals surface area contributed by atoms with Gasteiger partial charge in [-0.25, -0.2) is 9.97 Å². The molecule has 0 aliphatic rings. The van der Waals surface area contributed by atoms with Gasteiger partial charge in [-0.05, 0) is 23.6 Å². The molecule has 1 amide bonds. The first kappa shape index (κ1) is 18.5. The minimum absolute atomic E-state index is 0.113. The van der Waals surface area contributed by atoms with Crippen LogP contribution in [0.1, 0.15) is 18.0 Å². The van der Waals surface area contributed by atoms with Crippen LogP contribution in [0.15, 0.2) is 63.1 Å². The summed E-state index contributed by atoms with van der Waals surface area (Å²) in [6.07, 6.45) is 3.84. The van der Waals surface area contributed by atoms with E-state index in [-0.39, 0.29) is 12.3 Å². The Bertz CT molecular complexity index is 1070. The maximum absolute atomic E-state index is 12.1. The van der Waals surface area contributed by atoms with Crippen molar-refractivity contribution in [1.82, 2.24) is 15.3 Å². The summed E-state index contributed by atoms with van der Waals surface area (Å²) < 4.78 is 11.1. The lowest BCUT2D eigenvalue weighted by Crippen LogP contribution is -2.23. The van der Waals surface area contributed by atoms with Crippen molar-refractivity contribution in [1.29, 1.82) is 0 Å². The second kappa shape index (κ2) is 8.41. The molecule has 6 nitrogen and oxygen atoms in total. The summed E-state index contributed by atoms with van der Waals surface area (Å²) in [4.78, 5) is 21.7. The van der Waals surface area contributed by atoms with E-state index < -0.39 is 0 Å². The summed E-state index contributed by atoms with van der Waals surface area (Å²) in [5.74, 6) is 1.53. The summed E-state index contributed by atoms with van der Waals surface area (Å²) in [7, 11) is 0. The highest BCUT2D eigenvalue weighted by Crippen LogP contribution is 2.28. The molecule has 1 aromatic carbocycles. The molecule has 8 heteroatoms. The number of carbonyl (C=O) groups is 1. The van der Waals surface area contributed by atoms with Gasteiger partial charge in [-0.1, -0.05) is 29.8 Å². The molecule has 0 unspecified atom stereocenters. The number of hydrogen-bond donors (Lipinski definition) is 1. The zero-order valence-electron chi connectivity index (χ0n) is 14.7. The number of carbonyl (C=O) groups excluding carboxylic acids is 1. The fourth-order valence-electron chi connectivity index (χ4n) is 2.61. The highest BCUT2D eigenvalue weighted by Gasteiger charge is 2.12. The molecule has 3 aromatic heterocycles. The van der Waals surface area contributed by atoms with Crippen molar-refractivity contribution in [3.05, 3.63) is 70.8 Å². The maximum Gasteiger partial charge on any atom is 0.236 e. The van der Waals surface area contributed by atoms with E-state index in [2.05, 4.69) is 15.3 Å². The third-order valence-electron chi connectivity index (χ3n) is 4.01. The van der Waals surface area contributed by atoms with Crippen LogP contribution in [0.4, 0.5) is 0 Å². The predicted molar refractivity (Wildman–Crippen MR) is 107 cm³/mol. The number of benzene rings is 1. The largest absolute Gasteiger partial charge is 0.443 e. The molecule has 0 aliphatic heterocycles. The smallest absolute Gasteiger partial charge is 0.236 e. The van der Waals surface area contributed by atoms with Crippen molar-refractivity contribution in [3.63, 3.8) is 0 Å². The fourth-order valence-corrected chi connectivity index (χ4v) is 3.50. The van der Waals surface area contributed by atoms with Gasteiger partial charge in [0.25, 0.3) is 0 Å². The normalized spacial score (nSPS) is 10.9. The molecule has 0 bridgehead atoms. The average molecular weight is 414 g/mol. The minimum Gasteiger partial charge on any atom is -0.443 e. The molecule has 0 spiro atoms. The van der Waals surface area contributed by atoms with Crippen LogP contribution in [0.3, 0.4) is 0 Å². The highest BCUT2D eigenvalue weighted by molar-refractivity contribution is 7.13. The van der Waals surface area contributed by atoms with E-state index in [1.54, 1.807) is 29.9 Å². The van der Waals surface area contributed by atoms with Gasteiger partial charge in [0.2, 0.25) is 11.8 Å². The van der Waals surface area contributed by atoms with E-state index in [4.69, 9.17) is 20.4 Å². The number of nitrogens with one attached hydrogen (secondary N) is 1. The Kier molecular flexibility index (Phi) is 5.55. The molecule has 28 heavy (non-hydrogen) atoms. The van der Waals surface area contributed by atoms with Gasteiger partial charge >= 0.3 is 0 Å². The lowest BCUT2D eigenvalue weighted by Gasteiger charge is -2.01. The van der Waals surface area contributed by atoms with Gasteiger partial charge in [0.05, 0.1) is 28.3 Å². The van der Waals surface area contributed by atoms with Gasteiger partial charge in [-0.3, -0.25) is 4.79 Å². The summed E-state index contributed by atoms with van der Waals surface area (Å²) in [5, 5.41) is 5.38. The molecule has 0 radical (unpaired) electrons. The van der Waals surface area contributed by atoms with E-state index in [1.165, 1.54) is 0 Å². The summed E-state index contributed by atoms with van der Waals surface area (Å²) in [6.45, 7) is 0.310. The van der Waals surface area contributed by atoms with Crippen molar-refractivity contribution >= 4 is 28.8 Å². The molecule has 0 saturated heterocycles. The number of aromatic nitrogens is 2. The topological polar surface area (TPSA) is 81.2 Å². The molecule has 3 heterocycles. The molecular weight excluding hydrogens is 398 g/mol. The Balaban J connectivity index is 1.28. The van der Waals surface area contributed by atoms with Gasteiger partial charge < -0.3 is 14.2 Å². The number of rotatable bonds is 7. The third-order valence-corrected chi connectivity index (χ3v) is 5.20. The first-order chi connectivity index (χ1) is 13.7. The van der Waals surface area contributed by atoms with Crippen molar-refractivity contribution in [3.8, 4) is 22.1 Å². The van der Waals surface area contributed by atoms with E-state index >= 15 is 0 Å². The second-order valence-electron chi connectivity index (χ2n) is 6.00. The van der Waals surface area contributed by atoms with E-state index in [9.17, 15) is 4.79 Å². The van der Waals surface area contributed by atoms with Crippen LogP contribution in [0.2, 0.25) is 5.02 Å². The van der Waals surface area contributed by atoms with E-state index in [1.807, 2.05) is 35.7 Å². The molecule has 0 fully saturated rings. The second-order valence-corrected chi connectivity index (χ2v) is 7.35. The first-order valence-electron chi connectivity index (χ1n) is 8.63. The lowest BCUT2D eigenvalue weighted by atomic mass is 10.2. The number of thiophene rings is 1. The van der Waals surface area contributed by atoms with Gasteiger partial charge in [0.1, 0.15) is 6.26 Å². The Morgan fingerprint density at radius 1 is 1.21 bits per heavy atom. The zero-order chi connectivity index (χ0) is 19.3. The van der Waals surface area contributed by atoms with E-state index in [0.29, 0.717) is 41.2 Å². The van der Waals surface area contributed by atoms with Crippen LogP contribution in [0.25, 0.3) is 22.1 Å². The lowest BCUT2D eigenvalue weighted by molar-refractivity contribution is -0.121.